The van der Waals surface area contributed by atoms with E-state index in [4.69, 9.17) is 4.74 Å². The Bertz CT molecular complexity index is 1010. The number of benzene rings is 1. The summed E-state index contributed by atoms with van der Waals surface area (Å²) in [6.07, 6.45) is 3.55. The maximum Gasteiger partial charge on any atom is 0.265 e. The molecule has 30 heavy (non-hydrogen) atoms. The van der Waals surface area contributed by atoms with E-state index in [9.17, 15) is 13.2 Å². The number of piperidine rings is 1. The van der Waals surface area contributed by atoms with Gasteiger partial charge in [-0.05, 0) is 69.9 Å². The van der Waals surface area contributed by atoms with E-state index >= 15 is 0 Å². The average Bonchev–Trinajstić information content (AvgIpc) is 3.10. The molecule has 0 unspecified atom stereocenters. The Hall–Kier alpha value is -1.90. The maximum absolute atomic E-state index is 13.1. The highest BCUT2D eigenvalue weighted by molar-refractivity contribution is 7.89. The first-order valence-corrected chi connectivity index (χ1v) is 12.7. The number of nitrogens with zero attached hydrogens (tertiary/aromatic N) is 1. The molecule has 164 valence electrons. The number of ether oxygens (including phenoxy) is 1. The van der Waals surface area contributed by atoms with Crippen molar-refractivity contribution in [1.29, 1.82) is 0 Å². The van der Waals surface area contributed by atoms with Gasteiger partial charge in [-0.25, -0.2) is 8.42 Å². The molecule has 0 bridgehead atoms. The van der Waals surface area contributed by atoms with Gasteiger partial charge in [0.05, 0.1) is 21.6 Å². The number of aryl methyl sites for hydroxylation is 2. The van der Waals surface area contributed by atoms with Crippen molar-refractivity contribution in [2.45, 2.75) is 64.4 Å². The lowest BCUT2D eigenvalue weighted by atomic mass is 10.2. The van der Waals surface area contributed by atoms with Crippen LogP contribution in [0.4, 0.5) is 5.69 Å². The second kappa shape index (κ2) is 9.49. The third-order valence-electron chi connectivity index (χ3n) is 5.08. The summed E-state index contributed by atoms with van der Waals surface area (Å²) in [6, 6.07) is 6.57. The van der Waals surface area contributed by atoms with E-state index in [1.165, 1.54) is 26.6 Å². The van der Waals surface area contributed by atoms with E-state index in [-0.39, 0.29) is 16.9 Å². The first-order valence-electron chi connectivity index (χ1n) is 10.4. The zero-order chi connectivity index (χ0) is 21.9. The van der Waals surface area contributed by atoms with Gasteiger partial charge >= 0.3 is 0 Å². The minimum absolute atomic E-state index is 0.110. The SMILES string of the molecule is CCc1sc(C(=O)Nc2cc(S(=O)(=O)N3CCCCC3)ccc2OC(C)C)cc1C. The Morgan fingerprint density at radius 2 is 1.90 bits per heavy atom. The first kappa shape index (κ1) is 22.8. The minimum atomic E-state index is -3.61. The van der Waals surface area contributed by atoms with E-state index in [0.717, 1.165) is 31.2 Å². The molecule has 1 aliphatic heterocycles. The molecule has 0 radical (unpaired) electrons. The molecule has 1 N–H and O–H groups in total. The second-order valence-electron chi connectivity index (χ2n) is 7.81. The molecule has 2 heterocycles. The van der Waals surface area contributed by atoms with E-state index in [0.29, 0.717) is 29.4 Å². The van der Waals surface area contributed by atoms with Gasteiger partial charge in [0.1, 0.15) is 5.75 Å². The Morgan fingerprint density at radius 1 is 1.20 bits per heavy atom. The first-order chi connectivity index (χ1) is 14.2. The number of nitrogens with one attached hydrogen (secondary N) is 1. The van der Waals surface area contributed by atoms with Gasteiger partial charge in [0.2, 0.25) is 10.0 Å². The second-order valence-corrected chi connectivity index (χ2v) is 10.9. The van der Waals surface area contributed by atoms with Crippen molar-refractivity contribution in [1.82, 2.24) is 4.31 Å². The van der Waals surface area contributed by atoms with Crippen molar-refractivity contribution >= 4 is 33.0 Å². The van der Waals surface area contributed by atoms with Gasteiger partial charge < -0.3 is 10.1 Å². The highest BCUT2D eigenvalue weighted by Crippen LogP contribution is 2.32. The van der Waals surface area contributed by atoms with E-state index in [1.807, 2.05) is 26.8 Å². The fraction of sp³-hybridized carbons (Fsp3) is 0.500. The van der Waals surface area contributed by atoms with Crippen molar-refractivity contribution in [3.8, 4) is 5.75 Å². The number of anilines is 1. The summed E-state index contributed by atoms with van der Waals surface area (Å²) in [6.45, 7) is 8.89. The summed E-state index contributed by atoms with van der Waals surface area (Å²) in [5.41, 5.74) is 1.46. The quantitative estimate of drug-likeness (QED) is 0.655. The monoisotopic (exact) mass is 450 g/mol. The fourth-order valence-electron chi connectivity index (χ4n) is 3.54. The molecule has 1 aromatic heterocycles. The molecular weight excluding hydrogens is 420 g/mol. The number of sulfonamides is 1. The van der Waals surface area contributed by atoms with E-state index in [1.54, 1.807) is 12.1 Å². The number of hydrogen-bond donors (Lipinski definition) is 1. The van der Waals surface area contributed by atoms with Crippen LogP contribution in [-0.2, 0) is 16.4 Å². The van der Waals surface area contributed by atoms with Crippen LogP contribution >= 0.6 is 11.3 Å². The molecule has 8 heteroatoms. The summed E-state index contributed by atoms with van der Waals surface area (Å²) >= 11 is 1.46. The summed E-state index contributed by atoms with van der Waals surface area (Å²) in [5, 5.41) is 2.88. The van der Waals surface area contributed by atoms with Gasteiger partial charge in [-0.2, -0.15) is 4.31 Å². The molecular formula is C22H30N2O4S2. The van der Waals surface area contributed by atoms with Crippen LogP contribution in [0.1, 0.15) is 60.1 Å². The summed E-state index contributed by atoms with van der Waals surface area (Å²) < 4.78 is 33.5. The van der Waals surface area contributed by atoms with Crippen molar-refractivity contribution in [3.05, 3.63) is 39.6 Å². The van der Waals surface area contributed by atoms with Crippen LogP contribution in [-0.4, -0.2) is 37.8 Å². The third-order valence-corrected chi connectivity index (χ3v) is 8.36. The maximum atomic E-state index is 13.1. The van der Waals surface area contributed by atoms with Crippen LogP contribution in [0.3, 0.4) is 0 Å². The molecule has 1 amide bonds. The molecule has 0 aliphatic carbocycles. The van der Waals surface area contributed by atoms with Crippen LogP contribution in [0.15, 0.2) is 29.2 Å². The van der Waals surface area contributed by atoms with Crippen LogP contribution in [0.25, 0.3) is 0 Å². The van der Waals surface area contributed by atoms with Crippen molar-refractivity contribution in [2.24, 2.45) is 0 Å². The fourth-order valence-corrected chi connectivity index (χ4v) is 6.10. The molecule has 0 atom stereocenters. The lowest BCUT2D eigenvalue weighted by molar-refractivity contribution is 0.102. The Morgan fingerprint density at radius 3 is 2.50 bits per heavy atom. The third kappa shape index (κ3) is 5.04. The summed E-state index contributed by atoms with van der Waals surface area (Å²) in [5.74, 6) is 0.198. The van der Waals surface area contributed by atoms with E-state index in [2.05, 4.69) is 12.2 Å². The molecule has 2 aromatic rings. The Kier molecular flexibility index (Phi) is 7.21. The van der Waals surface area contributed by atoms with Crippen molar-refractivity contribution in [3.63, 3.8) is 0 Å². The zero-order valence-corrected chi connectivity index (χ0v) is 19.7. The number of thiophene rings is 1. The standard InChI is InChI=1S/C22H30N2O4S2/c1-5-20-16(4)13-21(29-20)22(25)23-18-14-17(9-10-19(18)28-15(2)3)30(26,27)24-11-7-6-8-12-24/h9-10,13-15H,5-8,11-12H2,1-4H3,(H,23,25). The van der Waals surface area contributed by atoms with Crippen molar-refractivity contribution < 1.29 is 17.9 Å². The predicted octanol–water partition coefficient (Wildman–Crippen LogP) is 4.83. The van der Waals surface area contributed by atoms with Crippen molar-refractivity contribution in [2.75, 3.05) is 18.4 Å². The van der Waals surface area contributed by atoms with Crippen LogP contribution in [0.5, 0.6) is 5.75 Å². The van der Waals surface area contributed by atoms with Gasteiger partial charge in [-0.1, -0.05) is 13.3 Å². The zero-order valence-electron chi connectivity index (χ0n) is 18.0. The molecule has 1 fully saturated rings. The van der Waals surface area contributed by atoms with Gasteiger partial charge in [-0.3, -0.25) is 4.79 Å². The topological polar surface area (TPSA) is 75.7 Å². The smallest absolute Gasteiger partial charge is 0.265 e. The average molecular weight is 451 g/mol. The largest absolute Gasteiger partial charge is 0.489 e. The number of rotatable bonds is 7. The van der Waals surface area contributed by atoms with Gasteiger partial charge in [0, 0.05) is 18.0 Å². The number of carbonyl (C=O) groups excluding carboxylic acids is 1. The van der Waals surface area contributed by atoms with Crippen LogP contribution < -0.4 is 10.1 Å². The molecule has 3 rings (SSSR count). The minimum Gasteiger partial charge on any atom is -0.489 e. The molecule has 1 saturated heterocycles. The van der Waals surface area contributed by atoms with Crippen LogP contribution in [0.2, 0.25) is 0 Å². The van der Waals surface area contributed by atoms with Crippen LogP contribution in [0, 0.1) is 6.92 Å². The highest BCUT2D eigenvalue weighted by Gasteiger charge is 2.27. The number of amides is 1. The molecule has 6 nitrogen and oxygen atoms in total. The molecule has 0 saturated carbocycles. The highest BCUT2D eigenvalue weighted by atomic mass is 32.2. The van der Waals surface area contributed by atoms with Gasteiger partial charge in [0.25, 0.3) is 5.91 Å². The summed E-state index contributed by atoms with van der Waals surface area (Å²) in [7, 11) is -3.61. The van der Waals surface area contributed by atoms with Gasteiger partial charge in [-0.15, -0.1) is 11.3 Å². The number of hydrogen-bond acceptors (Lipinski definition) is 5. The lowest BCUT2D eigenvalue weighted by Crippen LogP contribution is -2.35. The lowest BCUT2D eigenvalue weighted by Gasteiger charge is -2.26. The Labute approximate surface area is 183 Å². The summed E-state index contributed by atoms with van der Waals surface area (Å²) in [4.78, 5) is 14.8. The predicted molar refractivity (Wildman–Crippen MR) is 121 cm³/mol. The normalized spacial score (nSPS) is 15.4. The van der Waals surface area contributed by atoms with Gasteiger partial charge in [0.15, 0.2) is 0 Å². The Balaban J connectivity index is 1.93. The molecule has 1 aliphatic rings. The molecule has 1 aromatic carbocycles. The van der Waals surface area contributed by atoms with E-state index < -0.39 is 10.0 Å². The number of carbonyl (C=O) groups is 1. The molecule has 0 spiro atoms.